The van der Waals surface area contributed by atoms with E-state index in [1.807, 2.05) is 48.5 Å². The Morgan fingerprint density at radius 3 is 2.52 bits per heavy atom. The lowest BCUT2D eigenvalue weighted by Gasteiger charge is -2.31. The minimum absolute atomic E-state index is 0.0737. The maximum Gasteiger partial charge on any atom is 0.313 e. The maximum atomic E-state index is 12.6. The highest BCUT2D eigenvalue weighted by Gasteiger charge is 2.33. The number of carboxylic acids is 1. The Hall–Kier alpha value is -3.15. The van der Waals surface area contributed by atoms with Gasteiger partial charge in [0.05, 0.1) is 18.9 Å². The third-order valence-electron chi connectivity index (χ3n) is 5.12. The van der Waals surface area contributed by atoms with Crippen molar-refractivity contribution in [1.82, 2.24) is 5.32 Å². The molecule has 6 nitrogen and oxygen atoms in total. The van der Waals surface area contributed by atoms with Crippen LogP contribution in [0.25, 0.3) is 11.1 Å². The largest absolute Gasteiger partial charge is 0.481 e. The lowest BCUT2D eigenvalue weighted by atomic mass is 9.79. The number of carboxylic acid groups (broad SMARTS) is 1. The number of ether oxygens (including phenoxy) is 1. The van der Waals surface area contributed by atoms with Crippen LogP contribution in [-0.2, 0) is 25.5 Å². The first-order valence-electron chi connectivity index (χ1n) is 9.84. The summed E-state index contributed by atoms with van der Waals surface area (Å²) in [5, 5.41) is 11.6. The van der Waals surface area contributed by atoms with Gasteiger partial charge in [0.25, 0.3) is 0 Å². The lowest BCUT2D eigenvalue weighted by Crippen LogP contribution is -2.41. The molecular weight excluding hydrogens is 370 g/mol. The second-order valence-corrected chi connectivity index (χ2v) is 7.18. The monoisotopic (exact) mass is 395 g/mol. The van der Waals surface area contributed by atoms with Crippen LogP contribution in [0.1, 0.15) is 43.2 Å². The molecule has 0 radical (unpaired) electrons. The fourth-order valence-electron chi connectivity index (χ4n) is 3.77. The zero-order chi connectivity index (χ0) is 20.8. The number of carbonyl (C=O) groups excluding carboxylic acids is 2. The number of rotatable bonds is 7. The molecule has 0 saturated carbocycles. The normalized spacial score (nSPS) is 17.8. The van der Waals surface area contributed by atoms with E-state index in [0.29, 0.717) is 19.4 Å². The van der Waals surface area contributed by atoms with Crippen LogP contribution in [0.4, 0.5) is 0 Å². The Labute approximate surface area is 169 Å². The van der Waals surface area contributed by atoms with E-state index in [1.165, 1.54) is 0 Å². The Bertz CT molecular complexity index is 893. The van der Waals surface area contributed by atoms with E-state index >= 15 is 0 Å². The molecule has 152 valence electrons. The van der Waals surface area contributed by atoms with Crippen molar-refractivity contribution in [2.45, 2.75) is 44.6 Å². The standard InChI is InChI=1S/C23H25NO5/c1-2-29-23(28)20-14-18(24-21(25)10-11-22(26)27)12-17-9-8-16(13-19(17)20)15-6-4-3-5-7-15/h3-9,13,18,20H,2,10-12,14H2,1H3,(H,24,25)(H,26,27)/t18?,20-/m0/s1. The Morgan fingerprint density at radius 1 is 1.07 bits per heavy atom. The molecule has 0 heterocycles. The number of benzene rings is 2. The minimum atomic E-state index is -1.01. The number of hydrogen-bond acceptors (Lipinski definition) is 4. The van der Waals surface area contributed by atoms with Crippen molar-refractivity contribution in [3.63, 3.8) is 0 Å². The molecule has 0 aliphatic heterocycles. The minimum Gasteiger partial charge on any atom is -0.481 e. The second-order valence-electron chi connectivity index (χ2n) is 7.18. The highest BCUT2D eigenvalue weighted by Crippen LogP contribution is 2.35. The Morgan fingerprint density at radius 2 is 1.83 bits per heavy atom. The summed E-state index contributed by atoms with van der Waals surface area (Å²) in [6, 6.07) is 15.8. The lowest BCUT2D eigenvalue weighted by molar-refractivity contribution is -0.145. The molecule has 1 aliphatic rings. The molecule has 29 heavy (non-hydrogen) atoms. The molecule has 1 unspecified atom stereocenters. The number of amides is 1. The van der Waals surface area contributed by atoms with Gasteiger partial charge in [0.15, 0.2) is 0 Å². The summed E-state index contributed by atoms with van der Waals surface area (Å²) in [7, 11) is 0. The van der Waals surface area contributed by atoms with Gasteiger partial charge < -0.3 is 15.2 Å². The number of aliphatic carboxylic acids is 1. The van der Waals surface area contributed by atoms with Crippen molar-refractivity contribution >= 4 is 17.8 Å². The third kappa shape index (κ3) is 5.22. The van der Waals surface area contributed by atoms with Crippen LogP contribution in [0.2, 0.25) is 0 Å². The molecule has 2 N–H and O–H groups in total. The fourth-order valence-corrected chi connectivity index (χ4v) is 3.77. The topological polar surface area (TPSA) is 92.7 Å². The first kappa shape index (κ1) is 20.6. The van der Waals surface area contributed by atoms with Crippen molar-refractivity contribution < 1.29 is 24.2 Å². The predicted molar refractivity (Wildman–Crippen MR) is 108 cm³/mol. The summed E-state index contributed by atoms with van der Waals surface area (Å²) < 4.78 is 5.29. The summed E-state index contributed by atoms with van der Waals surface area (Å²) in [5.74, 6) is -2.09. The SMILES string of the molecule is CCOC(=O)[C@H]1CC(NC(=O)CCC(=O)O)Cc2ccc(-c3ccccc3)cc21. The van der Waals surface area contributed by atoms with Crippen LogP contribution in [0, 0.1) is 0 Å². The quantitative estimate of drug-likeness (QED) is 0.702. The average molecular weight is 395 g/mol. The van der Waals surface area contributed by atoms with Gasteiger partial charge in [0.1, 0.15) is 0 Å². The molecule has 0 spiro atoms. The van der Waals surface area contributed by atoms with E-state index in [1.54, 1.807) is 6.92 Å². The molecule has 0 fully saturated rings. The molecule has 0 aromatic heterocycles. The molecule has 0 saturated heterocycles. The smallest absolute Gasteiger partial charge is 0.313 e. The number of nitrogens with one attached hydrogen (secondary N) is 1. The van der Waals surface area contributed by atoms with Crippen molar-refractivity contribution in [2.75, 3.05) is 6.61 Å². The summed E-state index contributed by atoms with van der Waals surface area (Å²) in [5.41, 5.74) is 4.03. The molecule has 1 aliphatic carbocycles. The van der Waals surface area contributed by atoms with Gasteiger partial charge in [-0.2, -0.15) is 0 Å². The second kappa shape index (κ2) is 9.37. The van der Waals surface area contributed by atoms with Gasteiger partial charge in [-0.3, -0.25) is 14.4 Å². The first-order chi connectivity index (χ1) is 14.0. The van der Waals surface area contributed by atoms with Gasteiger partial charge in [-0.05, 0) is 42.0 Å². The number of hydrogen-bond donors (Lipinski definition) is 2. The molecule has 3 rings (SSSR count). The van der Waals surface area contributed by atoms with E-state index in [9.17, 15) is 14.4 Å². The number of carbonyl (C=O) groups is 3. The predicted octanol–water partition coefficient (Wildman–Crippen LogP) is 3.30. The van der Waals surface area contributed by atoms with Crippen molar-refractivity contribution in [1.29, 1.82) is 0 Å². The zero-order valence-corrected chi connectivity index (χ0v) is 16.4. The first-order valence-corrected chi connectivity index (χ1v) is 9.84. The van der Waals surface area contributed by atoms with Gasteiger partial charge in [0, 0.05) is 12.5 Å². The van der Waals surface area contributed by atoms with Gasteiger partial charge >= 0.3 is 11.9 Å². The fraction of sp³-hybridized carbons (Fsp3) is 0.348. The van der Waals surface area contributed by atoms with Gasteiger partial charge in [-0.1, -0.05) is 48.5 Å². The number of esters is 1. The highest BCUT2D eigenvalue weighted by molar-refractivity contribution is 5.82. The molecule has 2 atom stereocenters. The number of fused-ring (bicyclic) bond motifs is 1. The van der Waals surface area contributed by atoms with Crippen LogP contribution in [0.5, 0.6) is 0 Å². The van der Waals surface area contributed by atoms with E-state index < -0.39 is 11.9 Å². The molecule has 0 bridgehead atoms. The molecule has 6 heteroatoms. The van der Waals surface area contributed by atoms with Gasteiger partial charge in [-0.25, -0.2) is 0 Å². The van der Waals surface area contributed by atoms with Gasteiger partial charge in [0.2, 0.25) is 5.91 Å². The highest BCUT2D eigenvalue weighted by atomic mass is 16.5. The van der Waals surface area contributed by atoms with Crippen LogP contribution in [0.3, 0.4) is 0 Å². The van der Waals surface area contributed by atoms with E-state index in [2.05, 4.69) is 5.32 Å². The van der Waals surface area contributed by atoms with Crippen LogP contribution < -0.4 is 5.32 Å². The summed E-state index contributed by atoms with van der Waals surface area (Å²) in [6.07, 6.45) is 0.745. The van der Waals surface area contributed by atoms with E-state index in [0.717, 1.165) is 22.3 Å². The summed E-state index contributed by atoms with van der Waals surface area (Å²) in [6.45, 7) is 2.06. The van der Waals surface area contributed by atoms with Crippen molar-refractivity contribution in [2.24, 2.45) is 0 Å². The summed E-state index contributed by atoms with van der Waals surface area (Å²) in [4.78, 5) is 35.4. The zero-order valence-electron chi connectivity index (χ0n) is 16.4. The van der Waals surface area contributed by atoms with Crippen LogP contribution in [0.15, 0.2) is 48.5 Å². The molecular formula is C23H25NO5. The molecule has 2 aromatic carbocycles. The molecule has 2 aromatic rings. The van der Waals surface area contributed by atoms with Crippen molar-refractivity contribution in [3.8, 4) is 11.1 Å². The summed E-state index contributed by atoms with van der Waals surface area (Å²) >= 11 is 0. The Balaban J connectivity index is 1.85. The average Bonchev–Trinajstić information content (AvgIpc) is 2.72. The van der Waals surface area contributed by atoms with Crippen LogP contribution in [-0.4, -0.2) is 35.6 Å². The van der Waals surface area contributed by atoms with Gasteiger partial charge in [-0.15, -0.1) is 0 Å². The Kier molecular flexibility index (Phi) is 6.65. The van der Waals surface area contributed by atoms with E-state index in [-0.39, 0.29) is 30.8 Å². The maximum absolute atomic E-state index is 12.6. The molecule has 1 amide bonds. The van der Waals surface area contributed by atoms with Crippen molar-refractivity contribution in [3.05, 3.63) is 59.7 Å². The third-order valence-corrected chi connectivity index (χ3v) is 5.12. The van der Waals surface area contributed by atoms with Crippen LogP contribution >= 0.6 is 0 Å². The van der Waals surface area contributed by atoms with E-state index in [4.69, 9.17) is 9.84 Å².